The molecule has 0 aliphatic carbocycles. The second kappa shape index (κ2) is 7.31. The zero-order chi connectivity index (χ0) is 15.4. The zero-order valence-electron chi connectivity index (χ0n) is 12.1. The van der Waals surface area contributed by atoms with E-state index in [2.05, 4.69) is 5.32 Å². The lowest BCUT2D eigenvalue weighted by Crippen LogP contribution is -2.23. The first kappa shape index (κ1) is 15.6. The van der Waals surface area contributed by atoms with Crippen LogP contribution in [0.15, 0.2) is 58.3 Å². The fourth-order valence-electron chi connectivity index (χ4n) is 2.46. The van der Waals surface area contributed by atoms with E-state index in [1.807, 2.05) is 47.8 Å². The molecule has 0 aromatic heterocycles. The molecule has 5 heteroatoms. The minimum absolute atomic E-state index is 0.314. The molecule has 0 saturated carbocycles. The molecule has 22 heavy (non-hydrogen) atoms. The molecule has 1 aliphatic rings. The standard InChI is InChI=1S/C17H19NO2S2/c19-13-1-5-15(6-2-13)21-11-12-9-17(10-18-12)22-16-7-3-14(20)4-8-16/h1-8,12,17-20H,9-11H2/t12-,17-/m0/s1. The highest BCUT2D eigenvalue weighted by molar-refractivity contribution is 8.00. The summed E-state index contributed by atoms with van der Waals surface area (Å²) in [5.74, 6) is 1.67. The summed E-state index contributed by atoms with van der Waals surface area (Å²) in [4.78, 5) is 2.39. The zero-order valence-corrected chi connectivity index (χ0v) is 13.7. The molecule has 0 spiro atoms. The summed E-state index contributed by atoms with van der Waals surface area (Å²) < 4.78 is 0. The number of rotatable bonds is 5. The fourth-order valence-corrected chi connectivity index (χ4v) is 4.62. The van der Waals surface area contributed by atoms with Crippen molar-refractivity contribution in [2.24, 2.45) is 0 Å². The Morgan fingerprint density at radius 1 is 0.909 bits per heavy atom. The van der Waals surface area contributed by atoms with Gasteiger partial charge < -0.3 is 15.5 Å². The van der Waals surface area contributed by atoms with Gasteiger partial charge in [-0.05, 0) is 55.0 Å². The minimum atomic E-state index is 0.314. The van der Waals surface area contributed by atoms with Crippen LogP contribution in [0, 0.1) is 0 Å². The molecule has 2 atom stereocenters. The number of phenols is 2. The summed E-state index contributed by atoms with van der Waals surface area (Å²) in [5.41, 5.74) is 0. The van der Waals surface area contributed by atoms with Crippen LogP contribution in [-0.4, -0.2) is 33.8 Å². The number of benzene rings is 2. The largest absolute Gasteiger partial charge is 0.508 e. The van der Waals surface area contributed by atoms with E-state index >= 15 is 0 Å². The van der Waals surface area contributed by atoms with Crippen molar-refractivity contribution < 1.29 is 10.2 Å². The third kappa shape index (κ3) is 4.35. The van der Waals surface area contributed by atoms with E-state index in [0.717, 1.165) is 18.7 Å². The molecule has 3 nitrogen and oxygen atoms in total. The van der Waals surface area contributed by atoms with Crippen molar-refractivity contribution in [1.82, 2.24) is 5.32 Å². The van der Waals surface area contributed by atoms with Gasteiger partial charge in [-0.3, -0.25) is 0 Å². The van der Waals surface area contributed by atoms with Crippen LogP contribution < -0.4 is 5.32 Å². The topological polar surface area (TPSA) is 52.5 Å². The average molecular weight is 333 g/mol. The summed E-state index contributed by atoms with van der Waals surface area (Å²) >= 11 is 3.69. The van der Waals surface area contributed by atoms with Crippen LogP contribution in [0.1, 0.15) is 6.42 Å². The van der Waals surface area contributed by atoms with Gasteiger partial charge in [-0.2, -0.15) is 0 Å². The SMILES string of the molecule is Oc1ccc(SC[C@@H]2C[C@H](Sc3ccc(O)cc3)CN2)cc1. The Labute approximate surface area is 139 Å². The van der Waals surface area contributed by atoms with E-state index in [1.54, 1.807) is 24.3 Å². The highest BCUT2D eigenvalue weighted by atomic mass is 32.2. The molecule has 3 rings (SSSR count). The Bertz CT molecular complexity index is 601. The molecule has 0 bridgehead atoms. The predicted octanol–water partition coefficient (Wildman–Crippen LogP) is 3.71. The number of hydrogen-bond acceptors (Lipinski definition) is 5. The molecule has 116 valence electrons. The van der Waals surface area contributed by atoms with Crippen molar-refractivity contribution in [3.8, 4) is 11.5 Å². The lowest BCUT2D eigenvalue weighted by Gasteiger charge is -2.10. The van der Waals surface area contributed by atoms with E-state index in [1.165, 1.54) is 9.79 Å². The molecule has 0 amide bonds. The van der Waals surface area contributed by atoms with Gasteiger partial charge in [-0.15, -0.1) is 23.5 Å². The minimum Gasteiger partial charge on any atom is -0.508 e. The molecule has 1 aliphatic heterocycles. The third-order valence-corrected chi connectivity index (χ3v) is 6.02. The van der Waals surface area contributed by atoms with Crippen LogP contribution in [0.2, 0.25) is 0 Å². The summed E-state index contributed by atoms with van der Waals surface area (Å²) in [5, 5.41) is 22.8. The molecule has 3 N–H and O–H groups in total. The smallest absolute Gasteiger partial charge is 0.115 e. The van der Waals surface area contributed by atoms with Gasteiger partial charge in [-0.1, -0.05) is 0 Å². The Hall–Kier alpha value is -1.30. The van der Waals surface area contributed by atoms with Gasteiger partial charge in [-0.25, -0.2) is 0 Å². The quantitative estimate of drug-likeness (QED) is 0.728. The first-order valence-electron chi connectivity index (χ1n) is 7.30. The van der Waals surface area contributed by atoms with Crippen molar-refractivity contribution in [2.75, 3.05) is 12.3 Å². The second-order valence-electron chi connectivity index (χ2n) is 5.38. The Kier molecular flexibility index (Phi) is 5.18. The molecular weight excluding hydrogens is 314 g/mol. The predicted molar refractivity (Wildman–Crippen MR) is 93.0 cm³/mol. The van der Waals surface area contributed by atoms with E-state index in [9.17, 15) is 10.2 Å². The summed E-state index contributed by atoms with van der Waals surface area (Å²) in [6, 6.07) is 15.3. The van der Waals surface area contributed by atoms with Gasteiger partial charge in [0.05, 0.1) is 0 Å². The maximum absolute atomic E-state index is 9.31. The van der Waals surface area contributed by atoms with Crippen molar-refractivity contribution in [1.29, 1.82) is 0 Å². The first-order chi connectivity index (χ1) is 10.7. The van der Waals surface area contributed by atoms with Gasteiger partial charge in [0.25, 0.3) is 0 Å². The lowest BCUT2D eigenvalue weighted by atomic mass is 10.2. The lowest BCUT2D eigenvalue weighted by molar-refractivity contribution is 0.474. The fraction of sp³-hybridized carbons (Fsp3) is 0.294. The highest BCUT2D eigenvalue weighted by Crippen LogP contribution is 2.31. The Balaban J connectivity index is 1.45. The van der Waals surface area contributed by atoms with Crippen LogP contribution in [-0.2, 0) is 0 Å². The molecule has 0 unspecified atom stereocenters. The van der Waals surface area contributed by atoms with Crippen LogP contribution in [0.5, 0.6) is 11.5 Å². The first-order valence-corrected chi connectivity index (χ1v) is 9.16. The van der Waals surface area contributed by atoms with E-state index in [-0.39, 0.29) is 0 Å². The molecule has 1 saturated heterocycles. The summed E-state index contributed by atoms with van der Waals surface area (Å²) in [6.45, 7) is 1.02. The van der Waals surface area contributed by atoms with Crippen molar-refractivity contribution >= 4 is 23.5 Å². The van der Waals surface area contributed by atoms with E-state index in [4.69, 9.17) is 0 Å². The van der Waals surface area contributed by atoms with Crippen molar-refractivity contribution in [2.45, 2.75) is 27.5 Å². The monoisotopic (exact) mass is 333 g/mol. The van der Waals surface area contributed by atoms with Crippen molar-refractivity contribution in [3.05, 3.63) is 48.5 Å². The van der Waals surface area contributed by atoms with Gasteiger partial charge in [0, 0.05) is 33.4 Å². The van der Waals surface area contributed by atoms with Crippen LogP contribution in [0.4, 0.5) is 0 Å². The molecule has 2 aromatic rings. The number of nitrogens with one attached hydrogen (secondary N) is 1. The van der Waals surface area contributed by atoms with Crippen LogP contribution in [0.3, 0.4) is 0 Å². The number of hydrogen-bond donors (Lipinski definition) is 3. The van der Waals surface area contributed by atoms with Gasteiger partial charge in [0.2, 0.25) is 0 Å². The second-order valence-corrected chi connectivity index (χ2v) is 7.85. The van der Waals surface area contributed by atoms with E-state index in [0.29, 0.717) is 22.8 Å². The molecule has 2 aromatic carbocycles. The van der Waals surface area contributed by atoms with E-state index < -0.39 is 0 Å². The summed E-state index contributed by atoms with van der Waals surface area (Å²) in [6.07, 6.45) is 1.15. The number of aromatic hydroxyl groups is 2. The van der Waals surface area contributed by atoms with Crippen LogP contribution >= 0.6 is 23.5 Å². The number of phenolic OH excluding ortho intramolecular Hbond substituents is 2. The van der Waals surface area contributed by atoms with Gasteiger partial charge >= 0.3 is 0 Å². The molecular formula is C17H19NO2S2. The highest BCUT2D eigenvalue weighted by Gasteiger charge is 2.24. The summed E-state index contributed by atoms with van der Waals surface area (Å²) in [7, 11) is 0. The van der Waals surface area contributed by atoms with Crippen molar-refractivity contribution in [3.63, 3.8) is 0 Å². The number of thioether (sulfide) groups is 2. The normalized spacial score (nSPS) is 21.1. The maximum Gasteiger partial charge on any atom is 0.115 e. The molecule has 1 fully saturated rings. The van der Waals surface area contributed by atoms with Crippen LogP contribution in [0.25, 0.3) is 0 Å². The van der Waals surface area contributed by atoms with Gasteiger partial charge in [0.15, 0.2) is 0 Å². The Morgan fingerprint density at radius 3 is 2.14 bits per heavy atom. The third-order valence-electron chi connectivity index (χ3n) is 3.61. The maximum atomic E-state index is 9.31. The molecule has 0 radical (unpaired) electrons. The molecule has 1 heterocycles. The van der Waals surface area contributed by atoms with Gasteiger partial charge in [0.1, 0.15) is 11.5 Å². The average Bonchev–Trinajstić information content (AvgIpc) is 2.97. The Morgan fingerprint density at radius 2 is 1.50 bits per heavy atom.